The van der Waals surface area contributed by atoms with Crippen molar-refractivity contribution in [3.63, 3.8) is 0 Å². The molecule has 0 fully saturated rings. The summed E-state index contributed by atoms with van der Waals surface area (Å²) in [6.45, 7) is 2.60. The number of hydrogen-bond acceptors (Lipinski definition) is 4. The first-order valence-corrected chi connectivity index (χ1v) is 6.84. The van der Waals surface area contributed by atoms with E-state index in [0.29, 0.717) is 23.9 Å². The number of benzene rings is 1. The summed E-state index contributed by atoms with van der Waals surface area (Å²) in [5.74, 6) is 0.569. The summed E-state index contributed by atoms with van der Waals surface area (Å²) in [6, 6.07) is 7.14. The fourth-order valence-electron chi connectivity index (χ4n) is 1.61. The quantitative estimate of drug-likeness (QED) is 0.764. The Morgan fingerprint density at radius 3 is 2.85 bits per heavy atom. The van der Waals surface area contributed by atoms with Crippen molar-refractivity contribution in [1.82, 2.24) is 5.32 Å². The van der Waals surface area contributed by atoms with Gasteiger partial charge in [-0.15, -0.1) is 0 Å². The highest BCUT2D eigenvalue weighted by atomic mass is 35.5. The number of carbonyl (C=O) groups excluding carboxylic acids is 1. The van der Waals surface area contributed by atoms with Gasteiger partial charge in [-0.2, -0.15) is 0 Å². The van der Waals surface area contributed by atoms with Gasteiger partial charge in [0.15, 0.2) is 0 Å². The van der Waals surface area contributed by atoms with E-state index in [1.807, 2.05) is 19.1 Å². The first-order chi connectivity index (χ1) is 9.55. The van der Waals surface area contributed by atoms with Gasteiger partial charge < -0.3 is 20.5 Å². The monoisotopic (exact) mass is 300 g/mol. The van der Waals surface area contributed by atoms with Crippen LogP contribution in [0, 0.1) is 0 Å². The van der Waals surface area contributed by atoms with E-state index in [-0.39, 0.29) is 24.5 Å². The molecule has 0 radical (unpaired) electrons. The minimum absolute atomic E-state index is 0.108. The van der Waals surface area contributed by atoms with Crippen molar-refractivity contribution < 1.29 is 14.3 Å². The number of rotatable bonds is 8. The lowest BCUT2D eigenvalue weighted by Gasteiger charge is -2.17. The minimum atomic E-state index is -0.251. The molecular weight excluding hydrogens is 280 g/mol. The molecular formula is C14H21ClN2O3. The summed E-state index contributed by atoms with van der Waals surface area (Å²) in [5.41, 5.74) is 5.46. The van der Waals surface area contributed by atoms with Gasteiger partial charge in [0.2, 0.25) is 5.91 Å². The van der Waals surface area contributed by atoms with Crippen LogP contribution in [0.3, 0.4) is 0 Å². The number of nitrogens with two attached hydrogens (primary N) is 1. The molecule has 1 amide bonds. The molecule has 0 saturated heterocycles. The standard InChI is InChI=1S/C14H21ClN2O3/c1-10(20-12-5-3-4-11(15)6-12)9-17-14(18)7-13(8-16)19-2/h3-6,10,13H,7-9,16H2,1-2H3,(H,17,18). The van der Waals surface area contributed by atoms with Gasteiger partial charge in [0.25, 0.3) is 0 Å². The first kappa shape index (κ1) is 16.8. The van der Waals surface area contributed by atoms with E-state index in [9.17, 15) is 4.79 Å². The average Bonchev–Trinajstić information content (AvgIpc) is 2.42. The fourth-order valence-corrected chi connectivity index (χ4v) is 1.79. The van der Waals surface area contributed by atoms with Crippen LogP contribution in [0.15, 0.2) is 24.3 Å². The molecule has 5 nitrogen and oxygen atoms in total. The Hall–Kier alpha value is -1.30. The Balaban J connectivity index is 2.32. The molecule has 0 aliphatic heterocycles. The molecule has 112 valence electrons. The SMILES string of the molecule is COC(CN)CC(=O)NCC(C)Oc1cccc(Cl)c1. The lowest BCUT2D eigenvalue weighted by molar-refractivity contribution is -0.123. The molecule has 0 spiro atoms. The zero-order chi connectivity index (χ0) is 15.0. The summed E-state index contributed by atoms with van der Waals surface area (Å²) in [5, 5.41) is 3.40. The van der Waals surface area contributed by atoms with Crippen molar-refractivity contribution in [2.45, 2.75) is 25.6 Å². The molecule has 0 saturated carbocycles. The van der Waals surface area contributed by atoms with E-state index in [1.165, 1.54) is 7.11 Å². The smallest absolute Gasteiger partial charge is 0.222 e. The third kappa shape index (κ3) is 6.23. The van der Waals surface area contributed by atoms with E-state index in [1.54, 1.807) is 12.1 Å². The van der Waals surface area contributed by atoms with Crippen LogP contribution in [0.4, 0.5) is 0 Å². The summed E-state index contributed by atoms with van der Waals surface area (Å²) >= 11 is 5.87. The maximum Gasteiger partial charge on any atom is 0.222 e. The Labute approximate surface area is 124 Å². The lowest BCUT2D eigenvalue weighted by atomic mass is 10.2. The predicted molar refractivity (Wildman–Crippen MR) is 79.0 cm³/mol. The van der Waals surface area contributed by atoms with E-state index in [0.717, 1.165) is 0 Å². The molecule has 0 aliphatic carbocycles. The molecule has 0 bridgehead atoms. The van der Waals surface area contributed by atoms with Crippen molar-refractivity contribution in [1.29, 1.82) is 0 Å². The Bertz CT molecular complexity index is 425. The van der Waals surface area contributed by atoms with Crippen molar-refractivity contribution in [3.05, 3.63) is 29.3 Å². The zero-order valence-electron chi connectivity index (χ0n) is 11.8. The predicted octanol–water partition coefficient (Wildman–Crippen LogP) is 1.59. The zero-order valence-corrected chi connectivity index (χ0v) is 12.5. The molecule has 0 heterocycles. The highest BCUT2D eigenvalue weighted by Gasteiger charge is 2.12. The highest BCUT2D eigenvalue weighted by Crippen LogP contribution is 2.18. The Morgan fingerprint density at radius 2 is 2.25 bits per heavy atom. The van der Waals surface area contributed by atoms with Crippen LogP contribution in [-0.4, -0.2) is 38.3 Å². The van der Waals surface area contributed by atoms with Crippen LogP contribution < -0.4 is 15.8 Å². The lowest BCUT2D eigenvalue weighted by Crippen LogP contribution is -2.37. The third-order valence-electron chi connectivity index (χ3n) is 2.73. The van der Waals surface area contributed by atoms with Crippen molar-refractivity contribution in [3.8, 4) is 5.75 Å². The first-order valence-electron chi connectivity index (χ1n) is 6.47. The second-order valence-corrected chi connectivity index (χ2v) is 4.92. The molecule has 0 aliphatic rings. The fraction of sp³-hybridized carbons (Fsp3) is 0.500. The van der Waals surface area contributed by atoms with Crippen LogP contribution in [0.25, 0.3) is 0 Å². The minimum Gasteiger partial charge on any atom is -0.489 e. The van der Waals surface area contributed by atoms with Crippen molar-refractivity contribution in [2.24, 2.45) is 5.73 Å². The molecule has 2 unspecified atom stereocenters. The molecule has 6 heteroatoms. The highest BCUT2D eigenvalue weighted by molar-refractivity contribution is 6.30. The third-order valence-corrected chi connectivity index (χ3v) is 2.96. The van der Waals surface area contributed by atoms with Gasteiger partial charge in [-0.25, -0.2) is 0 Å². The van der Waals surface area contributed by atoms with E-state index < -0.39 is 0 Å². The van der Waals surface area contributed by atoms with Gasteiger partial charge in [-0.3, -0.25) is 4.79 Å². The largest absolute Gasteiger partial charge is 0.489 e. The van der Waals surface area contributed by atoms with Gasteiger partial charge in [-0.1, -0.05) is 17.7 Å². The van der Waals surface area contributed by atoms with Gasteiger partial charge in [0, 0.05) is 18.7 Å². The summed E-state index contributed by atoms with van der Waals surface area (Å²) < 4.78 is 10.7. The maximum absolute atomic E-state index is 11.7. The van der Waals surface area contributed by atoms with Crippen LogP contribution >= 0.6 is 11.6 Å². The number of ether oxygens (including phenoxy) is 2. The van der Waals surface area contributed by atoms with Gasteiger partial charge >= 0.3 is 0 Å². The molecule has 3 N–H and O–H groups in total. The number of halogens is 1. The van der Waals surface area contributed by atoms with E-state index >= 15 is 0 Å². The number of hydrogen-bond donors (Lipinski definition) is 2. The number of nitrogens with one attached hydrogen (secondary N) is 1. The number of methoxy groups -OCH3 is 1. The summed E-state index contributed by atoms with van der Waals surface area (Å²) in [4.78, 5) is 11.7. The van der Waals surface area contributed by atoms with Crippen molar-refractivity contribution >= 4 is 17.5 Å². The van der Waals surface area contributed by atoms with E-state index in [4.69, 9.17) is 26.8 Å². The molecule has 20 heavy (non-hydrogen) atoms. The normalized spacial score (nSPS) is 13.6. The van der Waals surface area contributed by atoms with Gasteiger partial charge in [0.1, 0.15) is 11.9 Å². The van der Waals surface area contributed by atoms with Crippen LogP contribution in [0.1, 0.15) is 13.3 Å². The maximum atomic E-state index is 11.7. The molecule has 2 atom stereocenters. The van der Waals surface area contributed by atoms with Gasteiger partial charge in [-0.05, 0) is 25.1 Å². The van der Waals surface area contributed by atoms with Crippen LogP contribution in [0.5, 0.6) is 5.75 Å². The Kier molecular flexibility index (Phi) is 7.36. The van der Waals surface area contributed by atoms with Gasteiger partial charge in [0.05, 0.1) is 19.1 Å². The molecule has 1 aromatic rings. The average molecular weight is 301 g/mol. The number of amides is 1. The van der Waals surface area contributed by atoms with Crippen LogP contribution in [0.2, 0.25) is 5.02 Å². The molecule has 1 aromatic carbocycles. The topological polar surface area (TPSA) is 73.6 Å². The van der Waals surface area contributed by atoms with Crippen LogP contribution in [-0.2, 0) is 9.53 Å². The molecule has 1 rings (SSSR count). The second kappa shape index (κ2) is 8.79. The van der Waals surface area contributed by atoms with Crippen molar-refractivity contribution in [2.75, 3.05) is 20.2 Å². The summed E-state index contributed by atoms with van der Waals surface area (Å²) in [6.07, 6.45) is -0.160. The second-order valence-electron chi connectivity index (χ2n) is 4.49. The Morgan fingerprint density at radius 1 is 1.50 bits per heavy atom. The molecule has 0 aromatic heterocycles. The number of carbonyl (C=O) groups is 1. The van der Waals surface area contributed by atoms with E-state index in [2.05, 4.69) is 5.32 Å². The summed E-state index contributed by atoms with van der Waals surface area (Å²) in [7, 11) is 1.54.